The van der Waals surface area contributed by atoms with Crippen LogP contribution in [0.2, 0.25) is 0 Å². The highest BCUT2D eigenvalue weighted by Crippen LogP contribution is 2.23. The molecule has 0 fully saturated rings. The van der Waals surface area contributed by atoms with Crippen molar-refractivity contribution < 1.29 is 19.8 Å². The summed E-state index contributed by atoms with van der Waals surface area (Å²) in [5.74, 6) is -0.446. The molecule has 1 amide bonds. The van der Waals surface area contributed by atoms with E-state index < -0.39 is 5.91 Å². The number of hydrogen-bond donors (Lipinski definition) is 4. The highest BCUT2D eigenvalue weighted by atomic mass is 16.5. The van der Waals surface area contributed by atoms with Gasteiger partial charge in [0.1, 0.15) is 17.3 Å². The number of aromatic hydroxyl groups is 1. The molecular weight excluding hydrogens is 250 g/mol. The maximum absolute atomic E-state index is 11.8. The molecule has 1 rings (SSSR count). The molecule has 0 aliphatic carbocycles. The smallest absolute Gasteiger partial charge is 0.255 e. The summed E-state index contributed by atoms with van der Waals surface area (Å²) < 4.78 is 4.92. The Hall–Kier alpha value is -2.44. The van der Waals surface area contributed by atoms with Gasteiger partial charge in [-0.15, -0.1) is 0 Å². The number of phenolic OH excluding ortho intramolecular Hbond substituents is 1. The summed E-state index contributed by atoms with van der Waals surface area (Å²) in [7, 11) is 1.47. The molecule has 19 heavy (non-hydrogen) atoms. The number of rotatable bonds is 5. The first kappa shape index (κ1) is 14.6. The molecule has 1 atom stereocenters. The lowest BCUT2D eigenvalue weighted by Crippen LogP contribution is -2.34. The number of amides is 1. The average molecular weight is 267 g/mol. The van der Waals surface area contributed by atoms with Gasteiger partial charge in [0.15, 0.2) is 0 Å². The van der Waals surface area contributed by atoms with E-state index in [1.807, 2.05) is 0 Å². The van der Waals surface area contributed by atoms with Crippen LogP contribution in [0.1, 0.15) is 17.3 Å². The van der Waals surface area contributed by atoms with E-state index in [1.54, 1.807) is 13.0 Å². The van der Waals surface area contributed by atoms with Gasteiger partial charge in [-0.2, -0.15) is 0 Å². The number of carbonyl (C=O) groups is 1. The van der Waals surface area contributed by atoms with Gasteiger partial charge in [-0.1, -0.05) is 12.1 Å². The summed E-state index contributed by atoms with van der Waals surface area (Å²) in [6.45, 7) is 1.89. The number of nitrogens with zero attached hydrogens (tertiary/aromatic N) is 1. The first-order chi connectivity index (χ1) is 8.99. The Morgan fingerprint density at radius 3 is 2.79 bits per heavy atom. The van der Waals surface area contributed by atoms with Crippen molar-refractivity contribution >= 4 is 11.7 Å². The lowest BCUT2D eigenvalue weighted by atomic mass is 10.1. The number of phenols is 1. The van der Waals surface area contributed by atoms with Crippen molar-refractivity contribution in [2.75, 3.05) is 13.7 Å². The largest absolute Gasteiger partial charge is 0.507 e. The zero-order valence-electron chi connectivity index (χ0n) is 10.8. The zero-order chi connectivity index (χ0) is 14.4. The summed E-state index contributed by atoms with van der Waals surface area (Å²) in [5, 5.41) is 23.6. The standard InChI is InChI=1S/C12H17N3O4/c1-7(11(13)15-18)6-14-12(17)9-4-3-8(19-2)5-10(9)16/h3-5,7,16,18H,6H2,1-2H3,(H2,13,15)(H,14,17). The minimum atomic E-state index is -0.447. The van der Waals surface area contributed by atoms with E-state index in [0.717, 1.165) is 0 Å². The van der Waals surface area contributed by atoms with Gasteiger partial charge in [0.25, 0.3) is 5.91 Å². The van der Waals surface area contributed by atoms with Crippen LogP contribution in [0.3, 0.4) is 0 Å². The molecule has 7 nitrogen and oxygen atoms in total. The van der Waals surface area contributed by atoms with Crippen molar-refractivity contribution in [3.63, 3.8) is 0 Å². The van der Waals surface area contributed by atoms with Crippen LogP contribution in [0.15, 0.2) is 23.4 Å². The van der Waals surface area contributed by atoms with Crippen LogP contribution in [-0.2, 0) is 0 Å². The predicted octanol–water partition coefficient (Wildman–Crippen LogP) is 0.513. The number of hydrogen-bond acceptors (Lipinski definition) is 5. The first-order valence-corrected chi connectivity index (χ1v) is 5.62. The average Bonchev–Trinajstić information content (AvgIpc) is 2.43. The molecule has 0 spiro atoms. The van der Waals surface area contributed by atoms with Gasteiger partial charge in [-0.25, -0.2) is 0 Å². The summed E-state index contributed by atoms with van der Waals surface area (Å²) >= 11 is 0. The van der Waals surface area contributed by atoms with Crippen LogP contribution in [0.25, 0.3) is 0 Å². The van der Waals surface area contributed by atoms with Crippen LogP contribution in [-0.4, -0.2) is 35.7 Å². The van der Waals surface area contributed by atoms with Gasteiger partial charge >= 0.3 is 0 Å². The number of carbonyl (C=O) groups excluding carboxylic acids is 1. The molecule has 0 radical (unpaired) electrons. The number of nitrogens with two attached hydrogens (primary N) is 1. The van der Waals surface area contributed by atoms with Crippen LogP contribution in [0.5, 0.6) is 11.5 Å². The summed E-state index contributed by atoms with van der Waals surface area (Å²) in [6, 6.07) is 4.38. The van der Waals surface area contributed by atoms with E-state index in [4.69, 9.17) is 15.7 Å². The van der Waals surface area contributed by atoms with Crippen LogP contribution in [0, 0.1) is 5.92 Å². The molecule has 1 unspecified atom stereocenters. The molecule has 0 aliphatic rings. The Bertz CT molecular complexity index is 488. The molecule has 1 aromatic rings. The van der Waals surface area contributed by atoms with E-state index in [-0.39, 0.29) is 29.6 Å². The van der Waals surface area contributed by atoms with Gasteiger partial charge in [-0.3, -0.25) is 4.79 Å². The second kappa shape index (κ2) is 6.48. The fraction of sp³-hybridized carbons (Fsp3) is 0.333. The van der Waals surface area contributed by atoms with Gasteiger partial charge < -0.3 is 26.1 Å². The van der Waals surface area contributed by atoms with E-state index >= 15 is 0 Å². The van der Waals surface area contributed by atoms with Crippen LogP contribution in [0.4, 0.5) is 0 Å². The third kappa shape index (κ3) is 3.77. The van der Waals surface area contributed by atoms with Crippen molar-refractivity contribution in [2.24, 2.45) is 16.8 Å². The van der Waals surface area contributed by atoms with Crippen LogP contribution >= 0.6 is 0 Å². The Labute approximate surface area is 110 Å². The summed E-state index contributed by atoms with van der Waals surface area (Å²) in [4.78, 5) is 11.8. The fourth-order valence-corrected chi connectivity index (χ4v) is 1.37. The Kier molecular flexibility index (Phi) is 4.99. The third-order valence-corrected chi connectivity index (χ3v) is 2.64. The molecule has 0 bridgehead atoms. The monoisotopic (exact) mass is 267 g/mol. The van der Waals surface area contributed by atoms with Crippen LogP contribution < -0.4 is 15.8 Å². The molecule has 5 N–H and O–H groups in total. The van der Waals surface area contributed by atoms with Gasteiger partial charge in [0.05, 0.1) is 12.7 Å². The van der Waals surface area contributed by atoms with E-state index in [1.165, 1.54) is 19.2 Å². The normalized spacial score (nSPS) is 12.8. The van der Waals surface area contributed by atoms with Crippen molar-refractivity contribution in [2.45, 2.75) is 6.92 Å². The Balaban J connectivity index is 2.69. The maximum Gasteiger partial charge on any atom is 0.255 e. The minimum Gasteiger partial charge on any atom is -0.507 e. The minimum absolute atomic E-state index is 0.0271. The topological polar surface area (TPSA) is 117 Å². The Morgan fingerprint density at radius 1 is 1.58 bits per heavy atom. The molecule has 7 heteroatoms. The third-order valence-electron chi connectivity index (χ3n) is 2.64. The lowest BCUT2D eigenvalue weighted by Gasteiger charge is -2.12. The van der Waals surface area contributed by atoms with Gasteiger partial charge in [0.2, 0.25) is 0 Å². The summed E-state index contributed by atoms with van der Waals surface area (Å²) in [5.41, 5.74) is 5.52. The first-order valence-electron chi connectivity index (χ1n) is 5.62. The van der Waals surface area contributed by atoms with Crippen molar-refractivity contribution in [1.29, 1.82) is 0 Å². The molecule has 0 aliphatic heterocycles. The van der Waals surface area contributed by atoms with Crippen molar-refractivity contribution in [3.05, 3.63) is 23.8 Å². The number of oxime groups is 1. The predicted molar refractivity (Wildman–Crippen MR) is 69.6 cm³/mol. The molecule has 0 saturated carbocycles. The molecule has 0 aromatic heterocycles. The molecule has 1 aromatic carbocycles. The van der Waals surface area contributed by atoms with E-state index in [2.05, 4.69) is 10.5 Å². The SMILES string of the molecule is COc1ccc(C(=O)NCC(C)C(N)=NO)c(O)c1. The number of benzene rings is 1. The highest BCUT2D eigenvalue weighted by Gasteiger charge is 2.14. The lowest BCUT2D eigenvalue weighted by molar-refractivity contribution is 0.0948. The van der Waals surface area contributed by atoms with Crippen molar-refractivity contribution in [1.82, 2.24) is 5.32 Å². The van der Waals surface area contributed by atoms with Crippen molar-refractivity contribution in [3.8, 4) is 11.5 Å². The molecular formula is C12H17N3O4. The second-order valence-corrected chi connectivity index (χ2v) is 4.02. The number of nitrogens with one attached hydrogen (secondary N) is 1. The molecule has 0 heterocycles. The van der Waals surface area contributed by atoms with Gasteiger partial charge in [0, 0.05) is 18.5 Å². The quantitative estimate of drug-likeness (QED) is 0.268. The zero-order valence-corrected chi connectivity index (χ0v) is 10.8. The number of amidine groups is 1. The molecule has 0 saturated heterocycles. The summed E-state index contributed by atoms with van der Waals surface area (Å²) in [6.07, 6.45) is 0. The maximum atomic E-state index is 11.8. The second-order valence-electron chi connectivity index (χ2n) is 4.02. The number of methoxy groups -OCH3 is 1. The highest BCUT2D eigenvalue weighted by molar-refractivity contribution is 5.97. The van der Waals surface area contributed by atoms with E-state index in [9.17, 15) is 9.90 Å². The molecule has 104 valence electrons. The Morgan fingerprint density at radius 2 is 2.26 bits per heavy atom. The number of ether oxygens (including phenoxy) is 1. The fourth-order valence-electron chi connectivity index (χ4n) is 1.37. The van der Waals surface area contributed by atoms with E-state index in [0.29, 0.717) is 5.75 Å². The van der Waals surface area contributed by atoms with Gasteiger partial charge in [-0.05, 0) is 12.1 Å².